The zero-order chi connectivity index (χ0) is 15.1. The zero-order valence-corrected chi connectivity index (χ0v) is 14.1. The van der Waals surface area contributed by atoms with Crippen LogP contribution in [-0.4, -0.2) is 27.5 Å². The number of hydrogen-bond acceptors (Lipinski definition) is 2. The number of esters is 1. The van der Waals surface area contributed by atoms with Crippen molar-refractivity contribution in [3.05, 3.63) is 69.7 Å². The fourth-order valence-electron chi connectivity index (χ4n) is 1.70. The first-order valence-corrected chi connectivity index (χ1v) is 8.65. The van der Waals surface area contributed by atoms with Crippen molar-refractivity contribution in [2.45, 2.75) is 6.92 Å². The summed E-state index contributed by atoms with van der Waals surface area (Å²) in [7, 11) is 0. The monoisotopic (exact) mass is 366 g/mol. The average molecular weight is 366 g/mol. The van der Waals surface area contributed by atoms with Gasteiger partial charge in [0, 0.05) is 0 Å². The molecule has 0 bridgehead atoms. The Morgan fingerprint density at radius 1 is 1.19 bits per heavy atom. The fourth-order valence-corrected chi connectivity index (χ4v) is 3.75. The predicted octanol–water partition coefficient (Wildman–Crippen LogP) is 3.27. The molecular weight excluding hydrogens is 351 g/mol. The quantitative estimate of drug-likeness (QED) is 0.462. The standard InChI is InChI=1S/C17H15ClO2Se/c1-2-20-17(19)16(21-15-9-4-3-5-10-15)12-13-7-6-8-14(18)11-13/h3-12H,2H2,1H3. The van der Waals surface area contributed by atoms with Crippen molar-refractivity contribution >= 4 is 43.1 Å². The summed E-state index contributed by atoms with van der Waals surface area (Å²) in [4.78, 5) is 12.1. The summed E-state index contributed by atoms with van der Waals surface area (Å²) in [6.45, 7) is 2.18. The van der Waals surface area contributed by atoms with Crippen molar-refractivity contribution in [2.75, 3.05) is 6.61 Å². The fraction of sp³-hybridized carbons (Fsp3) is 0.118. The van der Waals surface area contributed by atoms with E-state index in [1.807, 2.05) is 67.6 Å². The van der Waals surface area contributed by atoms with Gasteiger partial charge < -0.3 is 0 Å². The van der Waals surface area contributed by atoms with Gasteiger partial charge in [-0.1, -0.05) is 0 Å². The van der Waals surface area contributed by atoms with Crippen molar-refractivity contribution in [1.82, 2.24) is 0 Å². The molecule has 2 aromatic carbocycles. The average Bonchev–Trinajstić information content (AvgIpc) is 2.48. The summed E-state index contributed by atoms with van der Waals surface area (Å²) in [6.07, 6.45) is 1.86. The molecule has 0 unspecified atom stereocenters. The minimum atomic E-state index is -0.263. The van der Waals surface area contributed by atoms with Gasteiger partial charge in [-0.25, -0.2) is 0 Å². The molecule has 0 saturated heterocycles. The topological polar surface area (TPSA) is 26.3 Å². The van der Waals surface area contributed by atoms with Crippen LogP contribution in [0.2, 0.25) is 5.02 Å². The number of benzene rings is 2. The van der Waals surface area contributed by atoms with E-state index in [-0.39, 0.29) is 20.9 Å². The van der Waals surface area contributed by atoms with E-state index in [4.69, 9.17) is 16.3 Å². The number of halogens is 1. The number of carbonyl (C=O) groups excluding carboxylic acids is 1. The molecule has 4 heteroatoms. The molecule has 0 fully saturated rings. The molecule has 0 aromatic heterocycles. The number of rotatable bonds is 5. The van der Waals surface area contributed by atoms with Crippen molar-refractivity contribution in [1.29, 1.82) is 0 Å². The van der Waals surface area contributed by atoms with Gasteiger partial charge in [-0.15, -0.1) is 0 Å². The molecule has 0 heterocycles. The second-order valence-electron chi connectivity index (χ2n) is 4.20. The Labute approximate surface area is 135 Å². The molecule has 21 heavy (non-hydrogen) atoms. The molecule has 0 spiro atoms. The number of carbonyl (C=O) groups is 1. The maximum absolute atomic E-state index is 12.1. The van der Waals surface area contributed by atoms with Gasteiger partial charge in [-0.3, -0.25) is 0 Å². The summed E-state index contributed by atoms with van der Waals surface area (Å²) in [6, 6.07) is 17.4. The first-order chi connectivity index (χ1) is 10.2. The Hall–Kier alpha value is -1.54. The van der Waals surface area contributed by atoms with E-state index in [1.165, 1.54) is 0 Å². The van der Waals surface area contributed by atoms with Gasteiger partial charge in [0.1, 0.15) is 0 Å². The molecule has 2 nitrogen and oxygen atoms in total. The van der Waals surface area contributed by atoms with Crippen LogP contribution in [-0.2, 0) is 9.53 Å². The van der Waals surface area contributed by atoms with Crippen LogP contribution in [0.15, 0.2) is 59.1 Å². The summed E-state index contributed by atoms with van der Waals surface area (Å²) in [5, 5.41) is 0.652. The van der Waals surface area contributed by atoms with Crippen LogP contribution in [0, 0.1) is 0 Å². The molecule has 0 aliphatic heterocycles. The Bertz CT molecular complexity index is 638. The van der Waals surface area contributed by atoms with E-state index < -0.39 is 0 Å². The second-order valence-corrected chi connectivity index (χ2v) is 6.98. The van der Waals surface area contributed by atoms with Gasteiger partial charge in [0.15, 0.2) is 0 Å². The molecule has 0 aliphatic carbocycles. The van der Waals surface area contributed by atoms with Gasteiger partial charge in [0.2, 0.25) is 0 Å². The molecular formula is C17H15ClO2Se. The minimum absolute atomic E-state index is 0.101. The van der Waals surface area contributed by atoms with Gasteiger partial charge >= 0.3 is 136 Å². The molecule has 0 N–H and O–H groups in total. The van der Waals surface area contributed by atoms with Crippen LogP contribution in [0.4, 0.5) is 0 Å². The SMILES string of the molecule is CCOC(=O)C(=Cc1cccc(Cl)c1)[Se]c1ccccc1. The normalized spacial score (nSPS) is 11.2. The number of ether oxygens (including phenoxy) is 1. The third-order valence-electron chi connectivity index (χ3n) is 2.59. The van der Waals surface area contributed by atoms with Crippen molar-refractivity contribution < 1.29 is 9.53 Å². The molecule has 0 aliphatic rings. The van der Waals surface area contributed by atoms with E-state index in [0.717, 1.165) is 10.0 Å². The second kappa shape index (κ2) is 8.04. The van der Waals surface area contributed by atoms with Crippen LogP contribution >= 0.6 is 11.6 Å². The van der Waals surface area contributed by atoms with E-state index in [2.05, 4.69) is 0 Å². The van der Waals surface area contributed by atoms with Crippen LogP contribution in [0.3, 0.4) is 0 Å². The first kappa shape index (κ1) is 15.8. The molecule has 0 atom stereocenters. The van der Waals surface area contributed by atoms with Crippen LogP contribution in [0.25, 0.3) is 6.08 Å². The molecule has 2 aromatic rings. The molecule has 0 radical (unpaired) electrons. The van der Waals surface area contributed by atoms with E-state index in [0.29, 0.717) is 16.1 Å². The van der Waals surface area contributed by atoms with Gasteiger partial charge in [-0.05, 0) is 0 Å². The summed E-state index contributed by atoms with van der Waals surface area (Å²) in [5.74, 6) is -0.263. The third kappa shape index (κ3) is 5.05. The molecule has 2 rings (SSSR count). The molecule has 108 valence electrons. The van der Waals surface area contributed by atoms with Crippen molar-refractivity contribution in [3.63, 3.8) is 0 Å². The third-order valence-corrected chi connectivity index (χ3v) is 4.95. The van der Waals surface area contributed by atoms with Crippen molar-refractivity contribution in [2.24, 2.45) is 0 Å². The van der Waals surface area contributed by atoms with Crippen LogP contribution in [0.5, 0.6) is 0 Å². The summed E-state index contributed by atoms with van der Waals surface area (Å²) in [5.41, 5.74) is 0.906. The van der Waals surface area contributed by atoms with Gasteiger partial charge in [0.25, 0.3) is 0 Å². The van der Waals surface area contributed by atoms with E-state index in [1.54, 1.807) is 0 Å². The molecule has 0 saturated carbocycles. The Morgan fingerprint density at radius 3 is 2.62 bits per heavy atom. The summed E-state index contributed by atoms with van der Waals surface area (Å²) < 4.78 is 6.96. The number of hydrogen-bond donors (Lipinski definition) is 0. The van der Waals surface area contributed by atoms with Crippen LogP contribution < -0.4 is 4.46 Å². The van der Waals surface area contributed by atoms with E-state index in [9.17, 15) is 4.79 Å². The Balaban J connectivity index is 2.29. The van der Waals surface area contributed by atoms with E-state index >= 15 is 0 Å². The van der Waals surface area contributed by atoms with Gasteiger partial charge in [-0.2, -0.15) is 0 Å². The maximum atomic E-state index is 12.1. The summed E-state index contributed by atoms with van der Waals surface area (Å²) >= 11 is 5.89. The Kier molecular flexibility index (Phi) is 6.06. The zero-order valence-electron chi connectivity index (χ0n) is 11.6. The van der Waals surface area contributed by atoms with Crippen LogP contribution in [0.1, 0.15) is 12.5 Å². The predicted molar refractivity (Wildman–Crippen MR) is 87.9 cm³/mol. The Morgan fingerprint density at radius 2 is 1.95 bits per heavy atom. The first-order valence-electron chi connectivity index (χ1n) is 6.56. The molecule has 0 amide bonds. The van der Waals surface area contributed by atoms with Gasteiger partial charge in [0.05, 0.1) is 0 Å². The van der Waals surface area contributed by atoms with Crippen molar-refractivity contribution in [3.8, 4) is 0 Å².